The summed E-state index contributed by atoms with van der Waals surface area (Å²) in [4.78, 5) is 24.2. The Hall–Kier alpha value is -2.33. The summed E-state index contributed by atoms with van der Waals surface area (Å²) >= 11 is 5.81. The highest BCUT2D eigenvalue weighted by Gasteiger charge is 2.11. The molecule has 0 fully saturated rings. The van der Waals surface area contributed by atoms with Gasteiger partial charge in [0.25, 0.3) is 5.91 Å². The Morgan fingerprint density at radius 2 is 1.77 bits per heavy atom. The molecule has 0 saturated carbocycles. The Labute approximate surface area is 159 Å². The van der Waals surface area contributed by atoms with Crippen LogP contribution in [0.1, 0.15) is 54.9 Å². The zero-order valence-corrected chi connectivity index (χ0v) is 16.0. The minimum absolute atomic E-state index is 0.0403. The van der Waals surface area contributed by atoms with Crippen LogP contribution in [0.3, 0.4) is 0 Å². The lowest BCUT2D eigenvalue weighted by atomic mass is 9.97. The maximum absolute atomic E-state index is 12.2. The predicted octanol–water partition coefficient (Wildman–Crippen LogP) is 5.00. The first kappa shape index (κ1) is 20.0. The van der Waals surface area contributed by atoms with Crippen LogP contribution in [0.15, 0.2) is 48.5 Å². The number of benzene rings is 2. The van der Waals surface area contributed by atoms with Crippen LogP contribution in [-0.2, 0) is 4.79 Å². The molecule has 0 bridgehead atoms. The third-order valence-corrected chi connectivity index (χ3v) is 4.60. The maximum atomic E-state index is 12.2. The molecular weight excluding hydrogens is 348 g/mol. The average molecular weight is 373 g/mol. The van der Waals surface area contributed by atoms with Gasteiger partial charge in [0.15, 0.2) is 0 Å². The van der Waals surface area contributed by atoms with Crippen molar-refractivity contribution in [2.24, 2.45) is 0 Å². The fourth-order valence-electron chi connectivity index (χ4n) is 2.63. The van der Waals surface area contributed by atoms with E-state index in [-0.39, 0.29) is 11.8 Å². The molecule has 26 heavy (non-hydrogen) atoms. The van der Waals surface area contributed by atoms with E-state index in [4.69, 9.17) is 11.6 Å². The van der Waals surface area contributed by atoms with Crippen LogP contribution in [0.25, 0.3) is 0 Å². The van der Waals surface area contributed by atoms with Gasteiger partial charge in [-0.3, -0.25) is 9.59 Å². The molecule has 2 amide bonds. The van der Waals surface area contributed by atoms with Gasteiger partial charge in [-0.2, -0.15) is 0 Å². The first-order valence-corrected chi connectivity index (χ1v) is 9.31. The van der Waals surface area contributed by atoms with Crippen molar-refractivity contribution in [2.45, 2.75) is 39.0 Å². The molecule has 2 aromatic rings. The number of rotatable bonds is 8. The van der Waals surface area contributed by atoms with Gasteiger partial charge in [0, 0.05) is 29.2 Å². The molecule has 0 saturated heterocycles. The van der Waals surface area contributed by atoms with Crippen molar-refractivity contribution in [3.63, 3.8) is 0 Å². The zero-order chi connectivity index (χ0) is 18.9. The van der Waals surface area contributed by atoms with Crippen LogP contribution in [0.4, 0.5) is 5.69 Å². The summed E-state index contributed by atoms with van der Waals surface area (Å²) in [6.07, 6.45) is 1.95. The number of nitrogens with one attached hydrogen (secondary N) is 2. The van der Waals surface area contributed by atoms with E-state index in [0.29, 0.717) is 35.9 Å². The molecule has 1 atom stereocenters. The van der Waals surface area contributed by atoms with Crippen molar-refractivity contribution in [3.8, 4) is 0 Å². The average Bonchev–Trinajstić information content (AvgIpc) is 2.65. The second kappa shape index (κ2) is 9.97. The van der Waals surface area contributed by atoms with Crippen LogP contribution >= 0.6 is 11.6 Å². The Morgan fingerprint density at radius 3 is 2.46 bits per heavy atom. The molecule has 0 unspecified atom stereocenters. The Balaban J connectivity index is 1.77. The Bertz CT molecular complexity index is 744. The summed E-state index contributed by atoms with van der Waals surface area (Å²) in [5, 5.41) is 6.39. The summed E-state index contributed by atoms with van der Waals surface area (Å²) in [6, 6.07) is 14.6. The van der Waals surface area contributed by atoms with Crippen LogP contribution in [-0.4, -0.2) is 18.4 Å². The van der Waals surface area contributed by atoms with E-state index >= 15 is 0 Å². The lowest BCUT2D eigenvalue weighted by Crippen LogP contribution is -2.25. The lowest BCUT2D eigenvalue weighted by molar-refractivity contribution is -0.116. The molecule has 2 rings (SSSR count). The Kier molecular flexibility index (Phi) is 7.67. The normalized spacial score (nSPS) is 11.7. The topological polar surface area (TPSA) is 58.2 Å². The molecule has 0 aromatic heterocycles. The van der Waals surface area contributed by atoms with Crippen LogP contribution in [0, 0.1) is 0 Å². The maximum Gasteiger partial charge on any atom is 0.251 e. The van der Waals surface area contributed by atoms with Crippen molar-refractivity contribution in [3.05, 3.63) is 64.7 Å². The molecule has 0 spiro atoms. The third kappa shape index (κ3) is 5.88. The van der Waals surface area contributed by atoms with E-state index in [9.17, 15) is 9.59 Å². The van der Waals surface area contributed by atoms with Crippen molar-refractivity contribution in [1.29, 1.82) is 0 Å². The van der Waals surface area contributed by atoms with E-state index in [1.54, 1.807) is 24.3 Å². The van der Waals surface area contributed by atoms with Gasteiger partial charge in [-0.25, -0.2) is 0 Å². The minimum Gasteiger partial charge on any atom is -0.352 e. The van der Waals surface area contributed by atoms with Crippen LogP contribution in [0.5, 0.6) is 0 Å². The molecule has 2 aromatic carbocycles. The fraction of sp³-hybridized carbons (Fsp3) is 0.333. The van der Waals surface area contributed by atoms with Crippen LogP contribution < -0.4 is 10.6 Å². The SMILES string of the molecule is CC[C@H](C)c1ccccc1NC(=O)CCCNC(=O)c1ccc(Cl)cc1. The molecular formula is C21H25ClN2O2. The standard InChI is InChI=1S/C21H25ClN2O2/c1-3-15(2)18-7-4-5-8-19(18)24-20(25)9-6-14-23-21(26)16-10-12-17(22)13-11-16/h4-5,7-8,10-13,15H,3,6,9,14H2,1-2H3,(H,23,26)(H,24,25)/t15-/m0/s1. The van der Waals surface area contributed by atoms with E-state index in [1.807, 2.05) is 18.2 Å². The number of amides is 2. The first-order valence-electron chi connectivity index (χ1n) is 8.93. The number of hydrogen-bond acceptors (Lipinski definition) is 2. The molecule has 5 heteroatoms. The van der Waals surface area contributed by atoms with Crippen LogP contribution in [0.2, 0.25) is 5.02 Å². The Morgan fingerprint density at radius 1 is 1.08 bits per heavy atom. The fourth-order valence-corrected chi connectivity index (χ4v) is 2.75. The summed E-state index contributed by atoms with van der Waals surface area (Å²) < 4.78 is 0. The minimum atomic E-state index is -0.163. The molecule has 0 heterocycles. The second-order valence-corrected chi connectivity index (χ2v) is 6.75. The summed E-state index contributed by atoms with van der Waals surface area (Å²) in [5.74, 6) is 0.191. The molecule has 0 aliphatic heterocycles. The van der Waals surface area contributed by atoms with E-state index < -0.39 is 0 Å². The van der Waals surface area contributed by atoms with E-state index in [1.165, 1.54) is 0 Å². The van der Waals surface area contributed by atoms with Gasteiger partial charge in [-0.05, 0) is 54.7 Å². The molecule has 138 valence electrons. The largest absolute Gasteiger partial charge is 0.352 e. The number of carbonyl (C=O) groups is 2. The lowest BCUT2D eigenvalue weighted by Gasteiger charge is -2.15. The molecule has 0 aliphatic rings. The highest BCUT2D eigenvalue weighted by atomic mass is 35.5. The van der Waals surface area contributed by atoms with Gasteiger partial charge in [0.1, 0.15) is 0 Å². The van der Waals surface area contributed by atoms with Gasteiger partial charge in [-0.1, -0.05) is 43.6 Å². The van der Waals surface area contributed by atoms with E-state index in [0.717, 1.165) is 17.7 Å². The van der Waals surface area contributed by atoms with Gasteiger partial charge >= 0.3 is 0 Å². The van der Waals surface area contributed by atoms with Crippen molar-refractivity contribution in [2.75, 3.05) is 11.9 Å². The van der Waals surface area contributed by atoms with Crippen molar-refractivity contribution >= 4 is 29.1 Å². The first-order chi connectivity index (χ1) is 12.5. The molecule has 0 aliphatic carbocycles. The zero-order valence-electron chi connectivity index (χ0n) is 15.2. The van der Waals surface area contributed by atoms with Crippen molar-refractivity contribution in [1.82, 2.24) is 5.32 Å². The summed E-state index contributed by atoms with van der Waals surface area (Å²) in [5.41, 5.74) is 2.58. The molecule has 0 radical (unpaired) electrons. The number of halogens is 1. The smallest absolute Gasteiger partial charge is 0.251 e. The quantitative estimate of drug-likeness (QED) is 0.640. The number of para-hydroxylation sites is 1. The molecule has 4 nitrogen and oxygen atoms in total. The van der Waals surface area contributed by atoms with Gasteiger partial charge in [0.2, 0.25) is 5.91 Å². The summed E-state index contributed by atoms with van der Waals surface area (Å²) in [6.45, 7) is 4.73. The molecule has 2 N–H and O–H groups in total. The monoisotopic (exact) mass is 372 g/mol. The van der Waals surface area contributed by atoms with Gasteiger partial charge in [-0.15, -0.1) is 0 Å². The summed E-state index contributed by atoms with van der Waals surface area (Å²) in [7, 11) is 0. The van der Waals surface area contributed by atoms with Gasteiger partial charge < -0.3 is 10.6 Å². The predicted molar refractivity (Wildman–Crippen MR) is 107 cm³/mol. The van der Waals surface area contributed by atoms with E-state index in [2.05, 4.69) is 30.5 Å². The van der Waals surface area contributed by atoms with Gasteiger partial charge in [0.05, 0.1) is 0 Å². The third-order valence-electron chi connectivity index (χ3n) is 4.35. The number of hydrogen-bond donors (Lipinski definition) is 2. The number of carbonyl (C=O) groups excluding carboxylic acids is 2. The number of anilines is 1. The highest BCUT2D eigenvalue weighted by molar-refractivity contribution is 6.30. The highest BCUT2D eigenvalue weighted by Crippen LogP contribution is 2.26. The van der Waals surface area contributed by atoms with Crippen molar-refractivity contribution < 1.29 is 9.59 Å². The second-order valence-electron chi connectivity index (χ2n) is 6.31.